The van der Waals surface area contributed by atoms with Gasteiger partial charge in [-0.15, -0.1) is 11.8 Å². The lowest BCUT2D eigenvalue weighted by Crippen LogP contribution is -2.15. The first-order chi connectivity index (χ1) is 15.0. The molecule has 0 aliphatic carbocycles. The molecule has 0 unspecified atom stereocenters. The molecule has 0 bridgehead atoms. The molecule has 6 nitrogen and oxygen atoms in total. The number of methoxy groups -OCH3 is 2. The second kappa shape index (κ2) is 10.7. The number of anilines is 2. The van der Waals surface area contributed by atoms with E-state index in [0.717, 1.165) is 4.90 Å². The Bertz CT molecular complexity index is 1050. The zero-order valence-electron chi connectivity index (χ0n) is 17.0. The first-order valence-electron chi connectivity index (χ1n) is 9.31. The number of halogens is 1. The third-order valence-corrected chi connectivity index (χ3v) is 5.49. The molecule has 31 heavy (non-hydrogen) atoms. The molecule has 0 spiro atoms. The summed E-state index contributed by atoms with van der Waals surface area (Å²) < 4.78 is 10.6. The van der Waals surface area contributed by atoms with Gasteiger partial charge in [-0.3, -0.25) is 9.59 Å². The van der Waals surface area contributed by atoms with Gasteiger partial charge >= 0.3 is 0 Å². The molecule has 0 saturated carbocycles. The lowest BCUT2D eigenvalue weighted by Gasteiger charge is -2.13. The third kappa shape index (κ3) is 6.16. The van der Waals surface area contributed by atoms with E-state index in [1.54, 1.807) is 54.6 Å². The summed E-state index contributed by atoms with van der Waals surface area (Å²) in [6, 6.07) is 19.3. The summed E-state index contributed by atoms with van der Waals surface area (Å²) in [5, 5.41) is 6.28. The van der Waals surface area contributed by atoms with E-state index in [1.165, 1.54) is 26.0 Å². The molecule has 160 valence electrons. The minimum absolute atomic E-state index is 0.138. The second-order valence-electron chi connectivity index (χ2n) is 6.36. The number of hydrogen-bond donors (Lipinski definition) is 2. The summed E-state index contributed by atoms with van der Waals surface area (Å²) in [7, 11) is 3.00. The summed E-state index contributed by atoms with van der Waals surface area (Å²) in [5.41, 5.74) is 1.59. The van der Waals surface area contributed by atoms with E-state index >= 15 is 0 Å². The van der Waals surface area contributed by atoms with Crippen molar-refractivity contribution in [1.29, 1.82) is 0 Å². The molecule has 0 fully saturated rings. The van der Waals surface area contributed by atoms with E-state index in [4.69, 9.17) is 21.1 Å². The number of thioether (sulfide) groups is 1. The van der Waals surface area contributed by atoms with Crippen LogP contribution in [0.5, 0.6) is 11.5 Å². The molecule has 0 heterocycles. The van der Waals surface area contributed by atoms with Crippen molar-refractivity contribution in [3.63, 3.8) is 0 Å². The van der Waals surface area contributed by atoms with Crippen molar-refractivity contribution >= 4 is 46.6 Å². The van der Waals surface area contributed by atoms with Gasteiger partial charge in [-0.25, -0.2) is 0 Å². The number of carbonyl (C=O) groups excluding carboxylic acids is 2. The van der Waals surface area contributed by atoms with Gasteiger partial charge in [0, 0.05) is 21.3 Å². The zero-order valence-corrected chi connectivity index (χ0v) is 18.5. The fourth-order valence-corrected chi connectivity index (χ4v) is 3.69. The van der Waals surface area contributed by atoms with Gasteiger partial charge in [-0.2, -0.15) is 0 Å². The maximum Gasteiger partial charge on any atom is 0.263 e. The van der Waals surface area contributed by atoms with Crippen LogP contribution in [-0.4, -0.2) is 31.8 Å². The van der Waals surface area contributed by atoms with Crippen LogP contribution in [0, 0.1) is 0 Å². The minimum atomic E-state index is -0.350. The average Bonchev–Trinajstić information content (AvgIpc) is 2.78. The van der Waals surface area contributed by atoms with Gasteiger partial charge in [-0.05, 0) is 54.6 Å². The van der Waals surface area contributed by atoms with Crippen LogP contribution in [0.25, 0.3) is 0 Å². The van der Waals surface area contributed by atoms with Crippen LogP contribution >= 0.6 is 23.4 Å². The molecule has 0 aliphatic rings. The van der Waals surface area contributed by atoms with Crippen LogP contribution in [0.3, 0.4) is 0 Å². The van der Waals surface area contributed by atoms with Crippen molar-refractivity contribution in [1.82, 2.24) is 0 Å². The van der Waals surface area contributed by atoms with E-state index in [9.17, 15) is 9.59 Å². The Morgan fingerprint density at radius 1 is 0.871 bits per heavy atom. The van der Waals surface area contributed by atoms with Crippen LogP contribution in [0.2, 0.25) is 5.02 Å². The quantitative estimate of drug-likeness (QED) is 0.447. The van der Waals surface area contributed by atoms with Crippen LogP contribution in [0.4, 0.5) is 11.4 Å². The normalized spacial score (nSPS) is 10.3. The van der Waals surface area contributed by atoms with Gasteiger partial charge in [0.05, 0.1) is 20.0 Å². The molecular weight excluding hydrogens is 436 g/mol. The number of ether oxygens (including phenoxy) is 2. The number of amides is 2. The highest BCUT2D eigenvalue weighted by atomic mass is 35.5. The molecule has 0 aromatic heterocycles. The second-order valence-corrected chi connectivity index (χ2v) is 7.85. The van der Waals surface area contributed by atoms with E-state index < -0.39 is 0 Å². The topological polar surface area (TPSA) is 76.7 Å². The zero-order chi connectivity index (χ0) is 22.2. The van der Waals surface area contributed by atoms with Gasteiger partial charge in [0.25, 0.3) is 5.91 Å². The first kappa shape index (κ1) is 22.5. The summed E-state index contributed by atoms with van der Waals surface area (Å²) in [6.07, 6.45) is 0. The van der Waals surface area contributed by atoms with Crippen molar-refractivity contribution in [2.45, 2.75) is 4.90 Å². The van der Waals surface area contributed by atoms with Crippen molar-refractivity contribution < 1.29 is 19.1 Å². The predicted molar refractivity (Wildman–Crippen MR) is 125 cm³/mol. The largest absolute Gasteiger partial charge is 0.496 e. The Morgan fingerprint density at radius 2 is 1.52 bits per heavy atom. The summed E-state index contributed by atoms with van der Waals surface area (Å²) >= 11 is 7.22. The SMILES string of the molecule is COc1cccc(OC)c1C(=O)Nc1cccc(SCC(=O)Nc2ccc(Cl)cc2)c1. The third-order valence-electron chi connectivity index (χ3n) is 4.24. The molecule has 3 rings (SSSR count). The Labute approximate surface area is 189 Å². The van der Waals surface area contributed by atoms with Crippen LogP contribution < -0.4 is 20.1 Å². The Morgan fingerprint density at radius 3 is 2.16 bits per heavy atom. The smallest absolute Gasteiger partial charge is 0.263 e. The monoisotopic (exact) mass is 456 g/mol. The maximum absolute atomic E-state index is 12.8. The van der Waals surface area contributed by atoms with E-state index in [1.807, 2.05) is 12.1 Å². The molecule has 2 amide bonds. The first-order valence-corrected chi connectivity index (χ1v) is 10.7. The van der Waals surface area contributed by atoms with Crippen LogP contribution in [0.1, 0.15) is 10.4 Å². The molecule has 0 atom stereocenters. The summed E-state index contributed by atoms with van der Waals surface area (Å²) in [6.45, 7) is 0. The molecule has 3 aromatic carbocycles. The van der Waals surface area contributed by atoms with Gasteiger partial charge in [0.15, 0.2) is 0 Å². The number of benzene rings is 3. The summed E-state index contributed by atoms with van der Waals surface area (Å²) in [4.78, 5) is 25.9. The Balaban J connectivity index is 1.63. The Kier molecular flexibility index (Phi) is 7.81. The lowest BCUT2D eigenvalue weighted by molar-refractivity contribution is -0.113. The van der Waals surface area contributed by atoms with Crippen molar-refractivity contribution in [3.8, 4) is 11.5 Å². The number of nitrogens with one attached hydrogen (secondary N) is 2. The average molecular weight is 457 g/mol. The van der Waals surface area contributed by atoms with Crippen LogP contribution in [0.15, 0.2) is 71.6 Å². The molecule has 2 N–H and O–H groups in total. The van der Waals surface area contributed by atoms with Crippen molar-refractivity contribution in [3.05, 3.63) is 77.3 Å². The van der Waals surface area contributed by atoms with Gasteiger partial charge in [0.1, 0.15) is 17.1 Å². The molecule has 0 aliphatic heterocycles. The van der Waals surface area contributed by atoms with Crippen LogP contribution in [-0.2, 0) is 4.79 Å². The van der Waals surface area contributed by atoms with E-state index in [-0.39, 0.29) is 17.6 Å². The number of carbonyl (C=O) groups is 2. The van der Waals surface area contributed by atoms with E-state index in [0.29, 0.717) is 33.5 Å². The molecule has 8 heteroatoms. The van der Waals surface area contributed by atoms with Gasteiger partial charge in [0.2, 0.25) is 5.91 Å². The standard InChI is InChI=1S/C23H21ClN2O4S/c1-29-19-7-4-8-20(30-2)22(19)23(28)26-17-5-3-6-18(13-17)31-14-21(27)25-16-11-9-15(24)10-12-16/h3-13H,14H2,1-2H3,(H,25,27)(H,26,28). The molecule has 0 radical (unpaired) electrons. The van der Waals surface area contributed by atoms with Gasteiger partial charge < -0.3 is 20.1 Å². The lowest BCUT2D eigenvalue weighted by atomic mass is 10.1. The predicted octanol–water partition coefficient (Wildman–Crippen LogP) is 5.34. The van der Waals surface area contributed by atoms with Crippen molar-refractivity contribution in [2.75, 3.05) is 30.6 Å². The molecular formula is C23H21ClN2O4S. The Hall–Kier alpha value is -3.16. The molecule has 3 aromatic rings. The van der Waals surface area contributed by atoms with Gasteiger partial charge in [-0.1, -0.05) is 23.7 Å². The fourth-order valence-electron chi connectivity index (χ4n) is 2.81. The highest BCUT2D eigenvalue weighted by Gasteiger charge is 2.18. The highest BCUT2D eigenvalue weighted by Crippen LogP contribution is 2.30. The summed E-state index contributed by atoms with van der Waals surface area (Å²) in [5.74, 6) is 0.570. The van der Waals surface area contributed by atoms with Crippen molar-refractivity contribution in [2.24, 2.45) is 0 Å². The number of hydrogen-bond acceptors (Lipinski definition) is 5. The maximum atomic E-state index is 12.8. The molecule has 0 saturated heterocycles. The van der Waals surface area contributed by atoms with E-state index in [2.05, 4.69) is 10.6 Å². The number of rotatable bonds is 8. The highest BCUT2D eigenvalue weighted by molar-refractivity contribution is 8.00. The fraction of sp³-hybridized carbons (Fsp3) is 0.130. The minimum Gasteiger partial charge on any atom is -0.496 e.